The molecule has 0 radical (unpaired) electrons. The van der Waals surface area contributed by atoms with Gasteiger partial charge in [0.25, 0.3) is 0 Å². The smallest absolute Gasteiger partial charge is 0.306 e. The third-order valence-corrected chi connectivity index (χ3v) is 14.9. The lowest BCUT2D eigenvalue weighted by molar-refractivity contribution is -0.167. The van der Waals surface area contributed by atoms with Crippen molar-refractivity contribution in [1.29, 1.82) is 0 Å². The van der Waals surface area contributed by atoms with Gasteiger partial charge in [-0.3, -0.25) is 14.4 Å². The molecule has 0 amide bonds. The minimum absolute atomic E-state index is 0.0816. The zero-order chi connectivity index (χ0) is 56.4. The van der Waals surface area contributed by atoms with E-state index in [1.165, 1.54) is 218 Å². The highest BCUT2D eigenvalue weighted by Gasteiger charge is 2.19. The Morgan fingerprint density at radius 3 is 0.756 bits per heavy atom. The van der Waals surface area contributed by atoms with Crippen LogP contribution >= 0.6 is 0 Å². The second-order valence-electron chi connectivity index (χ2n) is 22.7. The van der Waals surface area contributed by atoms with Crippen LogP contribution in [0.3, 0.4) is 0 Å². The third-order valence-electron chi connectivity index (χ3n) is 14.9. The van der Waals surface area contributed by atoms with Crippen molar-refractivity contribution in [3.05, 3.63) is 72.9 Å². The summed E-state index contributed by atoms with van der Waals surface area (Å²) in [6.45, 7) is 6.63. The maximum Gasteiger partial charge on any atom is 0.306 e. The fraction of sp³-hybridized carbons (Fsp3) is 0.792. The molecule has 0 rings (SSSR count). The number of hydrogen-bond donors (Lipinski definition) is 0. The van der Waals surface area contributed by atoms with Gasteiger partial charge < -0.3 is 14.2 Å². The van der Waals surface area contributed by atoms with Gasteiger partial charge in [0.1, 0.15) is 13.2 Å². The van der Waals surface area contributed by atoms with Crippen LogP contribution in [-0.2, 0) is 28.6 Å². The van der Waals surface area contributed by atoms with Gasteiger partial charge in [-0.15, -0.1) is 0 Å². The zero-order valence-corrected chi connectivity index (χ0v) is 51.9. The van der Waals surface area contributed by atoms with Gasteiger partial charge in [0.05, 0.1) is 0 Å². The van der Waals surface area contributed by atoms with Gasteiger partial charge in [-0.25, -0.2) is 0 Å². The molecule has 0 fully saturated rings. The van der Waals surface area contributed by atoms with Crippen LogP contribution in [0.25, 0.3) is 0 Å². The summed E-state index contributed by atoms with van der Waals surface area (Å²) in [5.41, 5.74) is 0. The van der Waals surface area contributed by atoms with E-state index in [9.17, 15) is 14.4 Å². The molecule has 0 heterocycles. The normalized spacial score (nSPS) is 12.5. The van der Waals surface area contributed by atoms with Gasteiger partial charge in [0.2, 0.25) is 0 Å². The van der Waals surface area contributed by atoms with Gasteiger partial charge in [-0.1, -0.05) is 286 Å². The van der Waals surface area contributed by atoms with Crippen LogP contribution < -0.4 is 0 Å². The molecular weight excluding hydrogens is 961 g/mol. The Bertz CT molecular complexity index is 1440. The maximum atomic E-state index is 12.9. The molecule has 0 aromatic heterocycles. The number of rotatable bonds is 62. The molecule has 78 heavy (non-hydrogen) atoms. The Labute approximate surface area is 484 Å². The van der Waals surface area contributed by atoms with E-state index in [4.69, 9.17) is 14.2 Å². The average Bonchev–Trinajstić information content (AvgIpc) is 3.44. The van der Waals surface area contributed by atoms with Crippen LogP contribution in [0.5, 0.6) is 0 Å². The SMILES string of the molecule is CCCCC/C=C\C/C=C\C/C=C\CCCCCCCCC(=O)OC(COC(=O)CCCCCCCCC/C=C\CCCCCCCCC)COC(=O)CCCCCCCCCCCCC/C=C\C/C=C\CCCCCCC. The lowest BCUT2D eigenvalue weighted by atomic mass is 10.0. The summed E-state index contributed by atoms with van der Waals surface area (Å²) in [5, 5.41) is 0. The van der Waals surface area contributed by atoms with Crippen LogP contribution in [-0.4, -0.2) is 37.2 Å². The lowest BCUT2D eigenvalue weighted by Crippen LogP contribution is -2.30. The van der Waals surface area contributed by atoms with Gasteiger partial charge >= 0.3 is 17.9 Å². The number of carbonyl (C=O) groups is 3. The summed E-state index contributed by atoms with van der Waals surface area (Å²) in [6, 6.07) is 0. The van der Waals surface area contributed by atoms with Crippen molar-refractivity contribution in [3.63, 3.8) is 0 Å². The Morgan fingerprint density at radius 2 is 0.462 bits per heavy atom. The van der Waals surface area contributed by atoms with Crippen molar-refractivity contribution in [2.45, 2.75) is 354 Å². The van der Waals surface area contributed by atoms with E-state index in [2.05, 4.69) is 93.7 Å². The molecule has 452 valence electrons. The molecule has 0 aliphatic rings. The van der Waals surface area contributed by atoms with Crippen LogP contribution in [0.4, 0.5) is 0 Å². The first-order valence-electron chi connectivity index (χ1n) is 33.9. The van der Waals surface area contributed by atoms with Gasteiger partial charge in [-0.2, -0.15) is 0 Å². The van der Waals surface area contributed by atoms with Crippen molar-refractivity contribution in [2.24, 2.45) is 0 Å². The number of esters is 3. The lowest BCUT2D eigenvalue weighted by Gasteiger charge is -2.18. The monoisotopic (exact) mass is 1090 g/mol. The third kappa shape index (κ3) is 63.7. The topological polar surface area (TPSA) is 78.9 Å². The Hall–Kier alpha value is -3.15. The predicted molar refractivity (Wildman–Crippen MR) is 339 cm³/mol. The summed E-state index contributed by atoms with van der Waals surface area (Å²) in [4.78, 5) is 38.4. The first-order valence-corrected chi connectivity index (χ1v) is 33.9. The average molecular weight is 1090 g/mol. The molecule has 0 saturated heterocycles. The molecule has 0 spiro atoms. The summed E-state index contributed by atoms with van der Waals surface area (Å²) in [6.07, 6.45) is 86.2. The maximum absolute atomic E-state index is 12.9. The van der Waals surface area contributed by atoms with E-state index in [1.54, 1.807) is 0 Å². The summed E-state index contributed by atoms with van der Waals surface area (Å²) >= 11 is 0. The van der Waals surface area contributed by atoms with E-state index in [1.807, 2.05) is 0 Å². The summed E-state index contributed by atoms with van der Waals surface area (Å²) in [7, 11) is 0. The van der Waals surface area contributed by atoms with Crippen LogP contribution in [0, 0.1) is 0 Å². The van der Waals surface area contributed by atoms with E-state index in [-0.39, 0.29) is 31.1 Å². The largest absolute Gasteiger partial charge is 0.462 e. The highest BCUT2D eigenvalue weighted by molar-refractivity contribution is 5.71. The van der Waals surface area contributed by atoms with Crippen molar-refractivity contribution in [1.82, 2.24) is 0 Å². The molecule has 1 unspecified atom stereocenters. The van der Waals surface area contributed by atoms with Crippen LogP contribution in [0.15, 0.2) is 72.9 Å². The fourth-order valence-corrected chi connectivity index (χ4v) is 9.77. The number of carbonyl (C=O) groups excluding carboxylic acids is 3. The van der Waals surface area contributed by atoms with E-state index >= 15 is 0 Å². The second-order valence-corrected chi connectivity index (χ2v) is 22.7. The first-order chi connectivity index (χ1) is 38.5. The molecule has 1 atom stereocenters. The Kier molecular flexibility index (Phi) is 63.7. The number of allylic oxidation sites excluding steroid dienone is 12. The van der Waals surface area contributed by atoms with Crippen molar-refractivity contribution >= 4 is 17.9 Å². The van der Waals surface area contributed by atoms with E-state index in [0.29, 0.717) is 19.3 Å². The first kappa shape index (κ1) is 74.8. The molecule has 0 aliphatic carbocycles. The van der Waals surface area contributed by atoms with Gasteiger partial charge in [-0.05, 0) is 116 Å². The van der Waals surface area contributed by atoms with Crippen molar-refractivity contribution in [2.75, 3.05) is 13.2 Å². The predicted octanol–water partition coefficient (Wildman–Crippen LogP) is 23.3. The van der Waals surface area contributed by atoms with Crippen LogP contribution in [0.2, 0.25) is 0 Å². The second kappa shape index (κ2) is 66.4. The number of ether oxygens (including phenoxy) is 3. The number of hydrogen-bond acceptors (Lipinski definition) is 6. The molecule has 0 aromatic carbocycles. The minimum atomic E-state index is -0.787. The highest BCUT2D eigenvalue weighted by atomic mass is 16.6. The highest BCUT2D eigenvalue weighted by Crippen LogP contribution is 2.16. The fourth-order valence-electron chi connectivity index (χ4n) is 9.77. The van der Waals surface area contributed by atoms with E-state index in [0.717, 1.165) is 89.9 Å². The molecule has 0 bridgehead atoms. The van der Waals surface area contributed by atoms with Gasteiger partial charge in [0.15, 0.2) is 6.10 Å². The van der Waals surface area contributed by atoms with Gasteiger partial charge in [0, 0.05) is 19.3 Å². The molecule has 0 saturated carbocycles. The van der Waals surface area contributed by atoms with Crippen LogP contribution in [0.1, 0.15) is 348 Å². The number of unbranched alkanes of at least 4 members (excludes halogenated alkanes) is 39. The Balaban J connectivity index is 4.38. The summed E-state index contributed by atoms with van der Waals surface area (Å²) < 4.78 is 17.0. The minimum Gasteiger partial charge on any atom is -0.462 e. The molecule has 6 nitrogen and oxygen atoms in total. The van der Waals surface area contributed by atoms with E-state index < -0.39 is 6.10 Å². The molecular formula is C72H128O6. The standard InChI is InChI=1S/C72H128O6/c1-4-7-10-13-16-19-22-25-28-31-34-35-36-37-39-41-44-47-50-53-56-59-62-65-71(74)77-68-69(67-76-70(73)64-61-58-55-52-49-46-43-40-33-30-27-24-21-18-15-12-9-6-3)78-72(75)66-63-60-57-54-51-48-45-42-38-32-29-26-23-20-17-14-11-8-5-2/h17,20,22,25-26,29-31,33-34,38,42,69H,4-16,18-19,21,23-24,27-28,32,35-37,39-41,43-68H2,1-3H3/b20-17-,25-22-,29-26-,33-30-,34-31-,42-38-. The molecule has 6 heteroatoms. The quantitative estimate of drug-likeness (QED) is 0.0261. The molecule has 0 aliphatic heterocycles. The van der Waals surface area contributed by atoms with Crippen molar-refractivity contribution in [3.8, 4) is 0 Å². The molecule has 0 aromatic rings. The Morgan fingerprint density at radius 1 is 0.256 bits per heavy atom. The zero-order valence-electron chi connectivity index (χ0n) is 51.9. The summed E-state index contributed by atoms with van der Waals surface area (Å²) in [5.74, 6) is -0.883. The molecule has 0 N–H and O–H groups in total. The van der Waals surface area contributed by atoms with Crippen molar-refractivity contribution < 1.29 is 28.6 Å².